The van der Waals surface area contributed by atoms with E-state index in [2.05, 4.69) is 53.1 Å². The summed E-state index contributed by atoms with van der Waals surface area (Å²) in [4.78, 5) is 30.8. The number of rotatable bonds is 6. The van der Waals surface area contributed by atoms with Crippen LogP contribution in [0.15, 0.2) is 48.6 Å². The Labute approximate surface area is 219 Å². The van der Waals surface area contributed by atoms with E-state index in [4.69, 9.17) is 14.7 Å². The molecule has 1 amide bonds. The van der Waals surface area contributed by atoms with Gasteiger partial charge in [-0.3, -0.25) is 4.79 Å². The molecule has 8 heteroatoms. The molecule has 5 rings (SSSR count). The first kappa shape index (κ1) is 25.0. The number of anilines is 2. The summed E-state index contributed by atoms with van der Waals surface area (Å²) in [6.45, 7) is 7.38. The topological polar surface area (TPSA) is 65.0 Å². The third kappa shape index (κ3) is 5.25. The number of benzene rings is 2. The fourth-order valence-electron chi connectivity index (χ4n) is 5.32. The van der Waals surface area contributed by atoms with E-state index in [-0.39, 0.29) is 5.91 Å². The fourth-order valence-corrected chi connectivity index (χ4v) is 5.32. The third-order valence-electron chi connectivity index (χ3n) is 7.26. The molecule has 0 atom stereocenters. The lowest BCUT2D eigenvalue weighted by molar-refractivity contribution is -0.126. The molecule has 0 unspecified atom stereocenters. The zero-order chi connectivity index (χ0) is 25.9. The Morgan fingerprint density at radius 2 is 1.78 bits per heavy atom. The molecule has 0 radical (unpaired) electrons. The van der Waals surface area contributed by atoms with Gasteiger partial charge in [-0.25, -0.2) is 0 Å². The van der Waals surface area contributed by atoms with Crippen LogP contribution in [0.3, 0.4) is 0 Å². The highest BCUT2D eigenvalue weighted by atomic mass is 16.5. The lowest BCUT2D eigenvalue weighted by Crippen LogP contribution is -2.49. The van der Waals surface area contributed by atoms with Gasteiger partial charge in [0.15, 0.2) is 0 Å². The Balaban J connectivity index is 1.36. The van der Waals surface area contributed by atoms with E-state index in [9.17, 15) is 4.79 Å². The highest BCUT2D eigenvalue weighted by Gasteiger charge is 2.29. The molecular weight excluding hydrogens is 464 g/mol. The second-order valence-electron chi connectivity index (χ2n) is 10.1. The molecule has 1 fully saturated rings. The molecule has 2 aliphatic heterocycles. The molecular formula is C29H36N6O2. The van der Waals surface area contributed by atoms with Gasteiger partial charge >= 0.3 is 6.01 Å². The summed E-state index contributed by atoms with van der Waals surface area (Å²) in [5, 5.41) is 2.56. The molecule has 0 aliphatic carbocycles. The summed E-state index contributed by atoms with van der Waals surface area (Å²) in [5.41, 5.74) is 4.74. The largest absolute Gasteiger partial charge is 0.467 e. The van der Waals surface area contributed by atoms with Crippen LogP contribution in [-0.2, 0) is 17.8 Å². The van der Waals surface area contributed by atoms with Crippen molar-refractivity contribution >= 4 is 28.2 Å². The average Bonchev–Trinajstić information content (AvgIpc) is 2.91. The molecule has 3 heterocycles. The normalized spacial score (nSPS) is 16.1. The Morgan fingerprint density at radius 1 is 1.03 bits per heavy atom. The second-order valence-corrected chi connectivity index (χ2v) is 10.1. The van der Waals surface area contributed by atoms with Crippen LogP contribution >= 0.6 is 0 Å². The van der Waals surface area contributed by atoms with Crippen LogP contribution in [0.25, 0.3) is 10.8 Å². The first-order valence-corrected chi connectivity index (χ1v) is 13.0. The Hall–Kier alpha value is -3.65. The summed E-state index contributed by atoms with van der Waals surface area (Å²) in [6, 6.07) is 13.4. The summed E-state index contributed by atoms with van der Waals surface area (Å²) >= 11 is 0. The maximum Gasteiger partial charge on any atom is 0.318 e. The van der Waals surface area contributed by atoms with E-state index < -0.39 is 0 Å². The maximum absolute atomic E-state index is 12.6. The molecule has 0 bridgehead atoms. The van der Waals surface area contributed by atoms with Crippen molar-refractivity contribution in [1.29, 1.82) is 0 Å². The van der Waals surface area contributed by atoms with Gasteiger partial charge in [0.25, 0.3) is 0 Å². The number of methoxy groups -OCH3 is 1. The van der Waals surface area contributed by atoms with E-state index in [1.165, 1.54) is 27.6 Å². The van der Waals surface area contributed by atoms with Gasteiger partial charge in [-0.1, -0.05) is 36.4 Å². The van der Waals surface area contributed by atoms with E-state index in [0.717, 1.165) is 44.1 Å². The molecule has 0 N–H and O–H groups in total. The number of hydrogen-bond donors (Lipinski definition) is 0. The monoisotopic (exact) mass is 500 g/mol. The van der Waals surface area contributed by atoms with Crippen molar-refractivity contribution in [2.75, 3.05) is 70.3 Å². The zero-order valence-electron chi connectivity index (χ0n) is 22.3. The predicted octanol–water partition coefficient (Wildman–Crippen LogP) is 3.28. The minimum atomic E-state index is 0.0739. The summed E-state index contributed by atoms with van der Waals surface area (Å²) in [5.74, 6) is 1.02. The van der Waals surface area contributed by atoms with Crippen LogP contribution in [0.1, 0.15) is 16.8 Å². The minimum absolute atomic E-state index is 0.0739. The van der Waals surface area contributed by atoms with E-state index in [1.807, 2.05) is 30.0 Å². The molecule has 0 spiro atoms. The second kappa shape index (κ2) is 10.8. The van der Waals surface area contributed by atoms with Gasteiger partial charge in [-0.05, 0) is 44.5 Å². The molecule has 1 aromatic heterocycles. The van der Waals surface area contributed by atoms with Gasteiger partial charge in [-0.15, -0.1) is 0 Å². The van der Waals surface area contributed by atoms with Crippen LogP contribution in [0.5, 0.6) is 6.01 Å². The highest BCUT2D eigenvalue weighted by molar-refractivity contribution is 5.97. The van der Waals surface area contributed by atoms with Gasteiger partial charge in [0.2, 0.25) is 5.91 Å². The summed E-state index contributed by atoms with van der Waals surface area (Å²) in [6.07, 6.45) is 4.47. The van der Waals surface area contributed by atoms with Crippen LogP contribution in [0.4, 0.5) is 11.5 Å². The molecule has 2 aromatic carbocycles. The quantitative estimate of drug-likeness (QED) is 0.482. The molecule has 3 aromatic rings. The van der Waals surface area contributed by atoms with Gasteiger partial charge in [0.05, 0.1) is 19.3 Å². The fraction of sp³-hybridized carbons (Fsp3) is 0.414. The third-order valence-corrected chi connectivity index (χ3v) is 7.26. The number of aromatic nitrogens is 2. The number of carbonyl (C=O) groups excluding carboxylic acids is 1. The number of aryl methyl sites for hydroxylation is 1. The van der Waals surface area contributed by atoms with Crippen molar-refractivity contribution in [3.05, 3.63) is 65.4 Å². The predicted molar refractivity (Wildman–Crippen MR) is 149 cm³/mol. The Bertz CT molecular complexity index is 1310. The van der Waals surface area contributed by atoms with Crippen molar-refractivity contribution in [1.82, 2.24) is 19.8 Å². The molecule has 194 valence electrons. The van der Waals surface area contributed by atoms with Gasteiger partial charge in [0.1, 0.15) is 5.82 Å². The molecule has 8 nitrogen and oxygen atoms in total. The van der Waals surface area contributed by atoms with Crippen molar-refractivity contribution < 1.29 is 9.53 Å². The Morgan fingerprint density at radius 3 is 2.51 bits per heavy atom. The number of ether oxygens (including phenoxy) is 1. The first-order chi connectivity index (χ1) is 17.9. The van der Waals surface area contributed by atoms with Crippen molar-refractivity contribution in [3.8, 4) is 6.01 Å². The number of amides is 1. The SMILES string of the molecule is COc1nc2c(c(N3CCN(C(=O)/C=C/CN(C)C)CC3)n1)CCN(c1cccc3cccc(C)c13)C2. The van der Waals surface area contributed by atoms with E-state index >= 15 is 0 Å². The molecule has 1 saturated heterocycles. The Kier molecular flexibility index (Phi) is 7.28. The smallest absolute Gasteiger partial charge is 0.318 e. The van der Waals surface area contributed by atoms with E-state index in [1.54, 1.807) is 13.2 Å². The van der Waals surface area contributed by atoms with Crippen molar-refractivity contribution in [2.45, 2.75) is 19.9 Å². The molecule has 0 saturated carbocycles. The van der Waals surface area contributed by atoms with E-state index in [0.29, 0.717) is 25.6 Å². The van der Waals surface area contributed by atoms with Crippen LogP contribution < -0.4 is 14.5 Å². The summed E-state index contributed by atoms with van der Waals surface area (Å²) in [7, 11) is 5.61. The van der Waals surface area contributed by atoms with Gasteiger partial charge in [0, 0.05) is 62.0 Å². The van der Waals surface area contributed by atoms with Crippen LogP contribution in [-0.4, -0.2) is 86.1 Å². The average molecular weight is 501 g/mol. The maximum atomic E-state index is 12.6. The number of fused-ring (bicyclic) bond motifs is 2. The van der Waals surface area contributed by atoms with Crippen LogP contribution in [0, 0.1) is 6.92 Å². The van der Waals surface area contributed by atoms with Crippen LogP contribution in [0.2, 0.25) is 0 Å². The zero-order valence-corrected chi connectivity index (χ0v) is 22.3. The first-order valence-electron chi connectivity index (χ1n) is 13.0. The molecule has 2 aliphatic rings. The number of hydrogen-bond acceptors (Lipinski definition) is 7. The number of carbonyl (C=O) groups is 1. The van der Waals surface area contributed by atoms with Crippen molar-refractivity contribution in [3.63, 3.8) is 0 Å². The number of piperazine rings is 1. The minimum Gasteiger partial charge on any atom is -0.467 e. The standard InChI is InChI=1S/C29H36N6O2/c1-21-8-5-9-22-10-6-11-25(27(21)22)35-15-13-23-24(20-35)30-29(37-4)31-28(23)34-18-16-33(17-19-34)26(36)12-7-14-32(2)3/h5-12H,13-20H2,1-4H3/b12-7+. The lowest BCUT2D eigenvalue weighted by atomic mass is 9.99. The highest BCUT2D eigenvalue weighted by Crippen LogP contribution is 2.35. The lowest BCUT2D eigenvalue weighted by Gasteiger charge is -2.38. The van der Waals surface area contributed by atoms with Crippen molar-refractivity contribution in [2.24, 2.45) is 0 Å². The van der Waals surface area contributed by atoms with Gasteiger partial charge < -0.3 is 24.3 Å². The van der Waals surface area contributed by atoms with Gasteiger partial charge in [-0.2, -0.15) is 9.97 Å². The summed E-state index contributed by atoms with van der Waals surface area (Å²) < 4.78 is 5.52. The number of nitrogens with zero attached hydrogens (tertiary/aromatic N) is 6. The molecule has 37 heavy (non-hydrogen) atoms. The number of likely N-dealkylation sites (N-methyl/N-ethyl adjacent to an activating group) is 1.